The summed E-state index contributed by atoms with van der Waals surface area (Å²) in [5.41, 5.74) is 1.59. The Kier molecular flexibility index (Phi) is 3.25. The Bertz CT molecular complexity index is 805. The number of aromatic hydroxyl groups is 2. The first-order chi connectivity index (χ1) is 10.5. The summed E-state index contributed by atoms with van der Waals surface area (Å²) in [5.74, 6) is 0.783. The third-order valence-electron chi connectivity index (χ3n) is 3.56. The normalized spacial score (nSPS) is 14.8. The molecule has 2 aromatic carbocycles. The van der Waals surface area contributed by atoms with Gasteiger partial charge in [-0.15, -0.1) is 0 Å². The number of fused-ring (bicyclic) bond motifs is 1. The van der Waals surface area contributed by atoms with Gasteiger partial charge in [0.05, 0.1) is 12.7 Å². The Morgan fingerprint density at radius 2 is 1.95 bits per heavy atom. The Balaban J connectivity index is 2.03. The lowest BCUT2D eigenvalue weighted by atomic mass is 10.1. The molecule has 0 bridgehead atoms. The highest BCUT2D eigenvalue weighted by Gasteiger charge is 2.30. The molecule has 0 amide bonds. The molecule has 0 saturated heterocycles. The number of benzene rings is 2. The van der Waals surface area contributed by atoms with Crippen molar-refractivity contribution in [2.24, 2.45) is 0 Å². The number of rotatable bonds is 2. The Morgan fingerprint density at radius 1 is 1.18 bits per heavy atom. The molecule has 0 radical (unpaired) electrons. The molecule has 5 heteroatoms. The number of ketones is 1. The molecular weight excluding hydrogens is 284 g/mol. The minimum Gasteiger partial charge on any atom is -0.508 e. The van der Waals surface area contributed by atoms with E-state index >= 15 is 0 Å². The lowest BCUT2D eigenvalue weighted by Gasteiger charge is -2.07. The van der Waals surface area contributed by atoms with Crippen LogP contribution in [-0.4, -0.2) is 23.1 Å². The zero-order valence-electron chi connectivity index (χ0n) is 12.1. The van der Waals surface area contributed by atoms with Gasteiger partial charge in [0.25, 0.3) is 0 Å². The van der Waals surface area contributed by atoms with Crippen molar-refractivity contribution in [3.63, 3.8) is 0 Å². The molecule has 0 aromatic heterocycles. The van der Waals surface area contributed by atoms with Crippen LogP contribution in [-0.2, 0) is 0 Å². The molecule has 0 spiro atoms. The predicted octanol–water partition coefficient (Wildman–Crippen LogP) is 3.03. The molecule has 22 heavy (non-hydrogen) atoms. The van der Waals surface area contributed by atoms with Crippen LogP contribution in [0.1, 0.15) is 21.5 Å². The SMILES string of the molecule is COc1ccc2c(c1C)O/C(=C\c1ccc(O)cc1O)C2=O. The summed E-state index contributed by atoms with van der Waals surface area (Å²) in [4.78, 5) is 12.4. The van der Waals surface area contributed by atoms with Crippen LogP contribution in [0.25, 0.3) is 6.08 Å². The quantitative estimate of drug-likeness (QED) is 0.833. The summed E-state index contributed by atoms with van der Waals surface area (Å²) >= 11 is 0. The van der Waals surface area contributed by atoms with Crippen LogP contribution in [0.5, 0.6) is 23.0 Å². The molecule has 0 aliphatic carbocycles. The zero-order valence-corrected chi connectivity index (χ0v) is 12.1. The molecule has 1 aliphatic rings. The number of hydrogen-bond donors (Lipinski definition) is 2. The van der Waals surface area contributed by atoms with E-state index in [0.29, 0.717) is 22.6 Å². The number of phenolic OH excluding ortho intramolecular Hbond substituents is 2. The highest BCUT2D eigenvalue weighted by Crippen LogP contribution is 2.39. The number of carbonyl (C=O) groups is 1. The summed E-state index contributed by atoms with van der Waals surface area (Å²) in [6.07, 6.45) is 1.45. The maximum absolute atomic E-state index is 12.4. The van der Waals surface area contributed by atoms with Crippen LogP contribution in [0, 0.1) is 6.92 Å². The Morgan fingerprint density at radius 3 is 2.64 bits per heavy atom. The van der Waals surface area contributed by atoms with Crippen molar-refractivity contribution >= 4 is 11.9 Å². The largest absolute Gasteiger partial charge is 0.508 e. The van der Waals surface area contributed by atoms with E-state index in [1.54, 1.807) is 19.2 Å². The highest BCUT2D eigenvalue weighted by molar-refractivity contribution is 6.15. The minimum absolute atomic E-state index is 0.0535. The Labute approximate surface area is 127 Å². The van der Waals surface area contributed by atoms with Crippen molar-refractivity contribution in [3.8, 4) is 23.0 Å². The van der Waals surface area contributed by atoms with Gasteiger partial charge >= 0.3 is 0 Å². The van der Waals surface area contributed by atoms with Gasteiger partial charge in [-0.25, -0.2) is 0 Å². The zero-order chi connectivity index (χ0) is 15.9. The Hall–Kier alpha value is -2.95. The van der Waals surface area contributed by atoms with Crippen LogP contribution in [0.4, 0.5) is 0 Å². The molecule has 0 fully saturated rings. The number of methoxy groups -OCH3 is 1. The van der Waals surface area contributed by atoms with Gasteiger partial charge in [0.15, 0.2) is 5.76 Å². The van der Waals surface area contributed by atoms with Crippen LogP contribution in [0.2, 0.25) is 0 Å². The number of Topliss-reactive ketones (excluding diaryl/α,β-unsaturated/α-hetero) is 1. The highest BCUT2D eigenvalue weighted by atomic mass is 16.5. The first-order valence-electron chi connectivity index (χ1n) is 6.65. The fourth-order valence-electron chi connectivity index (χ4n) is 2.38. The van der Waals surface area contributed by atoms with Gasteiger partial charge in [0.1, 0.15) is 23.0 Å². The van der Waals surface area contributed by atoms with Gasteiger partial charge in [0.2, 0.25) is 5.78 Å². The number of hydrogen-bond acceptors (Lipinski definition) is 5. The van der Waals surface area contributed by atoms with Crippen molar-refractivity contribution in [1.82, 2.24) is 0 Å². The lowest BCUT2D eigenvalue weighted by molar-refractivity contribution is 0.101. The standard InChI is InChI=1S/C17H14O5/c1-9-14(21-2)6-5-12-16(20)15(22-17(9)12)7-10-3-4-11(18)8-13(10)19/h3-8,18-19H,1-2H3/b15-7-. The predicted molar refractivity (Wildman–Crippen MR) is 80.4 cm³/mol. The van der Waals surface area contributed by atoms with E-state index in [0.717, 1.165) is 5.56 Å². The molecule has 2 N–H and O–H groups in total. The van der Waals surface area contributed by atoms with Crippen molar-refractivity contribution < 1.29 is 24.5 Å². The fraction of sp³-hybridized carbons (Fsp3) is 0.118. The smallest absolute Gasteiger partial charge is 0.231 e. The molecular formula is C17H14O5. The van der Waals surface area contributed by atoms with Crippen molar-refractivity contribution in [2.45, 2.75) is 6.92 Å². The number of ether oxygens (including phenoxy) is 2. The molecule has 5 nitrogen and oxygen atoms in total. The maximum atomic E-state index is 12.4. The van der Waals surface area contributed by atoms with Gasteiger partial charge < -0.3 is 19.7 Å². The topological polar surface area (TPSA) is 76.0 Å². The van der Waals surface area contributed by atoms with E-state index in [1.807, 2.05) is 6.92 Å². The fourth-order valence-corrected chi connectivity index (χ4v) is 2.38. The van der Waals surface area contributed by atoms with Crippen LogP contribution in [0.15, 0.2) is 36.1 Å². The minimum atomic E-state index is -0.256. The maximum Gasteiger partial charge on any atom is 0.231 e. The van der Waals surface area contributed by atoms with Gasteiger partial charge in [-0.2, -0.15) is 0 Å². The molecule has 2 aromatic rings. The van der Waals surface area contributed by atoms with Crippen molar-refractivity contribution in [2.75, 3.05) is 7.11 Å². The van der Waals surface area contributed by atoms with E-state index in [-0.39, 0.29) is 23.0 Å². The van der Waals surface area contributed by atoms with Gasteiger partial charge in [-0.05, 0) is 37.3 Å². The van der Waals surface area contributed by atoms with Gasteiger partial charge in [-0.1, -0.05) is 0 Å². The molecule has 1 heterocycles. The second kappa shape index (κ2) is 5.11. The second-order valence-electron chi connectivity index (χ2n) is 4.95. The molecule has 0 saturated carbocycles. The summed E-state index contributed by atoms with van der Waals surface area (Å²) in [5, 5.41) is 19.1. The lowest BCUT2D eigenvalue weighted by Crippen LogP contribution is -1.98. The third kappa shape index (κ3) is 2.16. The van der Waals surface area contributed by atoms with Gasteiger partial charge in [0, 0.05) is 17.2 Å². The molecule has 112 valence electrons. The monoisotopic (exact) mass is 298 g/mol. The summed E-state index contributed by atoms with van der Waals surface area (Å²) in [6, 6.07) is 7.50. The summed E-state index contributed by atoms with van der Waals surface area (Å²) in [6.45, 7) is 1.81. The number of phenols is 2. The van der Waals surface area contributed by atoms with E-state index in [2.05, 4.69) is 0 Å². The number of allylic oxidation sites excluding steroid dienone is 1. The summed E-state index contributed by atoms with van der Waals surface area (Å²) < 4.78 is 10.9. The van der Waals surface area contributed by atoms with Crippen molar-refractivity contribution in [3.05, 3.63) is 52.8 Å². The van der Waals surface area contributed by atoms with E-state index in [9.17, 15) is 15.0 Å². The van der Waals surface area contributed by atoms with Crippen LogP contribution < -0.4 is 9.47 Å². The first kappa shape index (κ1) is 14.0. The first-order valence-corrected chi connectivity index (χ1v) is 6.65. The summed E-state index contributed by atoms with van der Waals surface area (Å²) in [7, 11) is 1.55. The third-order valence-corrected chi connectivity index (χ3v) is 3.56. The van der Waals surface area contributed by atoms with E-state index in [4.69, 9.17) is 9.47 Å². The molecule has 0 unspecified atom stereocenters. The van der Waals surface area contributed by atoms with Gasteiger partial charge in [-0.3, -0.25) is 4.79 Å². The van der Waals surface area contributed by atoms with Crippen LogP contribution >= 0.6 is 0 Å². The molecule has 0 atom stereocenters. The van der Waals surface area contributed by atoms with E-state index < -0.39 is 0 Å². The number of carbonyl (C=O) groups excluding carboxylic acids is 1. The van der Waals surface area contributed by atoms with E-state index in [1.165, 1.54) is 24.3 Å². The van der Waals surface area contributed by atoms with Crippen LogP contribution in [0.3, 0.4) is 0 Å². The average molecular weight is 298 g/mol. The van der Waals surface area contributed by atoms with Crippen molar-refractivity contribution in [1.29, 1.82) is 0 Å². The average Bonchev–Trinajstić information content (AvgIpc) is 2.80. The second-order valence-corrected chi connectivity index (χ2v) is 4.95. The molecule has 3 rings (SSSR count). The molecule has 1 aliphatic heterocycles.